The van der Waals surface area contributed by atoms with Gasteiger partial charge in [0.25, 0.3) is 0 Å². The monoisotopic (exact) mass is 249 g/mol. The first-order valence-corrected chi connectivity index (χ1v) is 6.80. The molecule has 0 spiro atoms. The van der Waals surface area contributed by atoms with E-state index in [1.807, 2.05) is 12.1 Å². The SMILES string of the molecule is COc1ccc(C(N)CCCC2CCCO2)cc1. The molecule has 2 N–H and O–H groups in total. The topological polar surface area (TPSA) is 44.5 Å². The van der Waals surface area contributed by atoms with Crippen molar-refractivity contribution in [1.29, 1.82) is 0 Å². The molecule has 2 unspecified atom stereocenters. The van der Waals surface area contributed by atoms with E-state index in [1.165, 1.54) is 18.4 Å². The number of hydrogen-bond donors (Lipinski definition) is 1. The lowest BCUT2D eigenvalue weighted by Crippen LogP contribution is -2.12. The van der Waals surface area contributed by atoms with E-state index in [1.54, 1.807) is 7.11 Å². The van der Waals surface area contributed by atoms with Gasteiger partial charge in [-0.3, -0.25) is 0 Å². The first-order chi connectivity index (χ1) is 8.79. The van der Waals surface area contributed by atoms with Gasteiger partial charge in [-0.25, -0.2) is 0 Å². The predicted octanol–water partition coefficient (Wildman–Crippen LogP) is 3.04. The van der Waals surface area contributed by atoms with E-state index in [9.17, 15) is 0 Å². The fourth-order valence-electron chi connectivity index (χ4n) is 2.46. The lowest BCUT2D eigenvalue weighted by molar-refractivity contribution is 0.101. The van der Waals surface area contributed by atoms with E-state index in [4.69, 9.17) is 15.2 Å². The van der Waals surface area contributed by atoms with Crippen LogP contribution in [-0.2, 0) is 4.74 Å². The van der Waals surface area contributed by atoms with Crippen LogP contribution in [-0.4, -0.2) is 19.8 Å². The minimum atomic E-state index is 0.123. The molecule has 0 aromatic heterocycles. The summed E-state index contributed by atoms with van der Waals surface area (Å²) in [5.41, 5.74) is 7.37. The Hall–Kier alpha value is -1.06. The second-order valence-corrected chi connectivity index (χ2v) is 4.95. The lowest BCUT2D eigenvalue weighted by atomic mass is 10.00. The minimum Gasteiger partial charge on any atom is -0.497 e. The van der Waals surface area contributed by atoms with Gasteiger partial charge < -0.3 is 15.2 Å². The van der Waals surface area contributed by atoms with Gasteiger partial charge in [-0.15, -0.1) is 0 Å². The van der Waals surface area contributed by atoms with Crippen LogP contribution in [0.1, 0.15) is 43.7 Å². The fourth-order valence-corrected chi connectivity index (χ4v) is 2.46. The molecule has 0 amide bonds. The molecule has 1 fully saturated rings. The van der Waals surface area contributed by atoms with Crippen LogP contribution in [0.3, 0.4) is 0 Å². The van der Waals surface area contributed by atoms with Crippen LogP contribution in [0, 0.1) is 0 Å². The van der Waals surface area contributed by atoms with Crippen LogP contribution in [0.4, 0.5) is 0 Å². The molecule has 1 aromatic rings. The van der Waals surface area contributed by atoms with Gasteiger partial charge in [-0.2, -0.15) is 0 Å². The Morgan fingerprint density at radius 3 is 2.78 bits per heavy atom. The summed E-state index contributed by atoms with van der Waals surface area (Å²) in [7, 11) is 1.68. The molecule has 100 valence electrons. The van der Waals surface area contributed by atoms with Crippen LogP contribution in [0.25, 0.3) is 0 Å². The van der Waals surface area contributed by atoms with E-state index < -0.39 is 0 Å². The average molecular weight is 249 g/mol. The van der Waals surface area contributed by atoms with Gasteiger partial charge in [0.15, 0.2) is 0 Å². The van der Waals surface area contributed by atoms with Crippen molar-refractivity contribution in [1.82, 2.24) is 0 Å². The quantitative estimate of drug-likeness (QED) is 0.842. The maximum absolute atomic E-state index is 6.19. The number of benzene rings is 1. The molecular formula is C15H23NO2. The summed E-state index contributed by atoms with van der Waals surface area (Å²) in [6.45, 7) is 0.940. The molecule has 3 heteroatoms. The highest BCUT2D eigenvalue weighted by atomic mass is 16.5. The van der Waals surface area contributed by atoms with Gasteiger partial charge in [0.05, 0.1) is 13.2 Å². The van der Waals surface area contributed by atoms with Crippen molar-refractivity contribution >= 4 is 0 Å². The second-order valence-electron chi connectivity index (χ2n) is 4.95. The summed E-state index contributed by atoms with van der Waals surface area (Å²) in [4.78, 5) is 0. The van der Waals surface area contributed by atoms with E-state index in [2.05, 4.69) is 12.1 Å². The van der Waals surface area contributed by atoms with Gasteiger partial charge in [-0.05, 0) is 49.8 Å². The normalized spacial score (nSPS) is 20.9. The van der Waals surface area contributed by atoms with Crippen molar-refractivity contribution in [2.75, 3.05) is 13.7 Å². The Kier molecular flexibility index (Phi) is 5.02. The third-order valence-corrected chi connectivity index (χ3v) is 3.61. The van der Waals surface area contributed by atoms with Crippen LogP contribution >= 0.6 is 0 Å². The summed E-state index contributed by atoms with van der Waals surface area (Å²) in [5.74, 6) is 0.880. The van der Waals surface area contributed by atoms with Gasteiger partial charge in [0, 0.05) is 12.6 Å². The van der Waals surface area contributed by atoms with Crippen LogP contribution < -0.4 is 10.5 Å². The summed E-state index contributed by atoms with van der Waals surface area (Å²) < 4.78 is 10.8. The Labute approximate surface area is 109 Å². The Morgan fingerprint density at radius 1 is 1.39 bits per heavy atom. The van der Waals surface area contributed by atoms with Crippen LogP contribution in [0.15, 0.2) is 24.3 Å². The molecule has 1 aliphatic rings. The molecule has 0 aliphatic carbocycles. The zero-order valence-corrected chi connectivity index (χ0v) is 11.1. The summed E-state index contributed by atoms with van der Waals surface area (Å²) in [6.07, 6.45) is 6.22. The molecule has 18 heavy (non-hydrogen) atoms. The third kappa shape index (κ3) is 3.72. The number of hydrogen-bond acceptors (Lipinski definition) is 3. The predicted molar refractivity (Wildman–Crippen MR) is 72.7 cm³/mol. The van der Waals surface area contributed by atoms with Gasteiger partial charge in [0.1, 0.15) is 5.75 Å². The highest BCUT2D eigenvalue weighted by molar-refractivity contribution is 5.28. The summed E-state index contributed by atoms with van der Waals surface area (Å²) in [6, 6.07) is 8.16. The lowest BCUT2D eigenvalue weighted by Gasteiger charge is -2.14. The van der Waals surface area contributed by atoms with Gasteiger partial charge >= 0.3 is 0 Å². The van der Waals surface area contributed by atoms with Crippen molar-refractivity contribution in [3.8, 4) is 5.75 Å². The van der Waals surface area contributed by atoms with Gasteiger partial charge in [-0.1, -0.05) is 12.1 Å². The smallest absolute Gasteiger partial charge is 0.118 e. The molecular weight excluding hydrogens is 226 g/mol. The molecule has 3 nitrogen and oxygen atoms in total. The highest BCUT2D eigenvalue weighted by Gasteiger charge is 2.15. The maximum Gasteiger partial charge on any atom is 0.118 e. The van der Waals surface area contributed by atoms with Crippen molar-refractivity contribution in [3.05, 3.63) is 29.8 Å². The number of methoxy groups -OCH3 is 1. The zero-order valence-electron chi connectivity index (χ0n) is 11.1. The molecule has 1 aromatic carbocycles. The molecule has 0 radical (unpaired) electrons. The van der Waals surface area contributed by atoms with Crippen LogP contribution in [0.5, 0.6) is 5.75 Å². The maximum atomic E-state index is 6.19. The molecule has 0 saturated carbocycles. The number of nitrogens with two attached hydrogens (primary N) is 1. The largest absolute Gasteiger partial charge is 0.497 e. The van der Waals surface area contributed by atoms with E-state index >= 15 is 0 Å². The van der Waals surface area contributed by atoms with Crippen molar-refractivity contribution in [2.45, 2.75) is 44.2 Å². The first-order valence-electron chi connectivity index (χ1n) is 6.80. The molecule has 1 saturated heterocycles. The van der Waals surface area contributed by atoms with Gasteiger partial charge in [0.2, 0.25) is 0 Å². The zero-order chi connectivity index (χ0) is 12.8. The number of ether oxygens (including phenoxy) is 2. The summed E-state index contributed by atoms with van der Waals surface area (Å²) >= 11 is 0. The van der Waals surface area contributed by atoms with E-state index in [-0.39, 0.29) is 6.04 Å². The fraction of sp³-hybridized carbons (Fsp3) is 0.600. The molecule has 2 rings (SSSR count). The standard InChI is InChI=1S/C15H23NO2/c1-17-13-9-7-12(8-10-13)15(16)6-2-4-14-5-3-11-18-14/h7-10,14-15H,2-6,11,16H2,1H3. The highest BCUT2D eigenvalue weighted by Crippen LogP contribution is 2.23. The average Bonchev–Trinajstić information content (AvgIpc) is 2.92. The van der Waals surface area contributed by atoms with Crippen molar-refractivity contribution in [2.24, 2.45) is 5.73 Å². The van der Waals surface area contributed by atoms with Crippen LogP contribution in [0.2, 0.25) is 0 Å². The van der Waals surface area contributed by atoms with Crippen molar-refractivity contribution < 1.29 is 9.47 Å². The van der Waals surface area contributed by atoms with E-state index in [0.717, 1.165) is 31.6 Å². The Balaban J connectivity index is 1.74. The molecule has 2 atom stereocenters. The minimum absolute atomic E-state index is 0.123. The van der Waals surface area contributed by atoms with Crippen molar-refractivity contribution in [3.63, 3.8) is 0 Å². The third-order valence-electron chi connectivity index (χ3n) is 3.61. The second kappa shape index (κ2) is 6.76. The molecule has 1 aliphatic heterocycles. The Morgan fingerprint density at radius 2 is 2.17 bits per heavy atom. The number of rotatable bonds is 6. The first kappa shape index (κ1) is 13.4. The summed E-state index contributed by atoms with van der Waals surface area (Å²) in [5, 5.41) is 0. The Bertz CT molecular complexity index is 344. The molecule has 1 heterocycles. The van der Waals surface area contributed by atoms with E-state index in [0.29, 0.717) is 6.10 Å². The molecule has 0 bridgehead atoms.